The molecule has 2 rings (SSSR count). The lowest BCUT2D eigenvalue weighted by Gasteiger charge is -2.12. The highest BCUT2D eigenvalue weighted by Crippen LogP contribution is 2.36. The Kier molecular flexibility index (Phi) is 3.90. The van der Waals surface area contributed by atoms with Crippen molar-refractivity contribution in [1.82, 2.24) is 4.72 Å². The van der Waals surface area contributed by atoms with E-state index in [0.717, 1.165) is 4.47 Å². The summed E-state index contributed by atoms with van der Waals surface area (Å²) >= 11 is 3.28. The monoisotopic (exact) mass is 317 g/mol. The molecule has 5 heteroatoms. The highest BCUT2D eigenvalue weighted by Gasteiger charge is 2.28. The fraction of sp³-hybridized carbons (Fsp3) is 0.500. The zero-order valence-electron chi connectivity index (χ0n) is 9.69. The van der Waals surface area contributed by atoms with E-state index in [2.05, 4.69) is 27.6 Å². The van der Waals surface area contributed by atoms with Crippen molar-refractivity contribution in [3.05, 3.63) is 28.7 Å². The molecule has 1 aliphatic rings. The second-order valence-electron chi connectivity index (χ2n) is 4.62. The number of hydrogen-bond acceptors (Lipinski definition) is 2. The summed E-state index contributed by atoms with van der Waals surface area (Å²) in [5.41, 5.74) is 0. The second-order valence-corrected chi connectivity index (χ2v) is 7.31. The summed E-state index contributed by atoms with van der Waals surface area (Å²) in [6.45, 7) is 2.63. The van der Waals surface area contributed by atoms with Crippen LogP contribution in [0.4, 0.5) is 0 Å². The predicted molar refractivity (Wildman–Crippen MR) is 71.2 cm³/mol. The summed E-state index contributed by atoms with van der Waals surface area (Å²) < 4.78 is 27.4. The third-order valence-electron chi connectivity index (χ3n) is 3.13. The smallest absolute Gasteiger partial charge is 0.211 e. The first-order valence-electron chi connectivity index (χ1n) is 5.74. The summed E-state index contributed by atoms with van der Waals surface area (Å²) in [5, 5.41) is 0. The van der Waals surface area contributed by atoms with Crippen LogP contribution in [0.2, 0.25) is 0 Å². The summed E-state index contributed by atoms with van der Waals surface area (Å²) in [6, 6.07) is 6.76. The van der Waals surface area contributed by atoms with Gasteiger partial charge < -0.3 is 0 Å². The lowest BCUT2D eigenvalue weighted by atomic mass is 10.1. The van der Waals surface area contributed by atoms with Crippen molar-refractivity contribution in [2.24, 2.45) is 11.8 Å². The van der Waals surface area contributed by atoms with Crippen molar-refractivity contribution >= 4 is 26.0 Å². The largest absolute Gasteiger partial charge is 0.240 e. The van der Waals surface area contributed by atoms with Gasteiger partial charge in [0.2, 0.25) is 10.0 Å². The van der Waals surface area contributed by atoms with Gasteiger partial charge >= 0.3 is 0 Å². The quantitative estimate of drug-likeness (QED) is 0.907. The van der Waals surface area contributed by atoms with E-state index in [1.807, 2.05) is 6.07 Å². The van der Waals surface area contributed by atoms with Crippen molar-refractivity contribution < 1.29 is 8.42 Å². The fourth-order valence-corrected chi connectivity index (χ4v) is 3.53. The highest BCUT2D eigenvalue weighted by atomic mass is 79.9. The Balaban J connectivity index is 2.03. The van der Waals surface area contributed by atoms with Gasteiger partial charge in [-0.25, -0.2) is 13.1 Å². The minimum atomic E-state index is -3.36. The molecule has 1 saturated carbocycles. The average Bonchev–Trinajstić information content (AvgIpc) is 3.10. The molecule has 0 saturated heterocycles. The minimum Gasteiger partial charge on any atom is -0.211 e. The Morgan fingerprint density at radius 1 is 1.47 bits per heavy atom. The van der Waals surface area contributed by atoms with E-state index >= 15 is 0 Å². The highest BCUT2D eigenvalue weighted by molar-refractivity contribution is 9.10. The van der Waals surface area contributed by atoms with Gasteiger partial charge in [0.1, 0.15) is 0 Å². The molecule has 94 valence electrons. The maximum absolute atomic E-state index is 12.0. The first kappa shape index (κ1) is 13.1. The van der Waals surface area contributed by atoms with Crippen LogP contribution in [-0.2, 0) is 10.0 Å². The van der Waals surface area contributed by atoms with E-state index in [4.69, 9.17) is 0 Å². The van der Waals surface area contributed by atoms with Crippen molar-refractivity contribution in [3.8, 4) is 0 Å². The topological polar surface area (TPSA) is 46.2 Å². The van der Waals surface area contributed by atoms with Crippen LogP contribution in [-0.4, -0.2) is 15.0 Å². The molecule has 3 nitrogen and oxygen atoms in total. The van der Waals surface area contributed by atoms with Gasteiger partial charge in [-0.3, -0.25) is 0 Å². The van der Waals surface area contributed by atoms with Crippen LogP contribution in [0.1, 0.15) is 19.8 Å². The Hall–Kier alpha value is -0.390. The van der Waals surface area contributed by atoms with Crippen LogP contribution < -0.4 is 4.72 Å². The van der Waals surface area contributed by atoms with Crippen LogP contribution in [0.3, 0.4) is 0 Å². The Bertz CT molecular complexity index is 497. The van der Waals surface area contributed by atoms with E-state index in [9.17, 15) is 8.42 Å². The average molecular weight is 318 g/mol. The lowest BCUT2D eigenvalue weighted by Crippen LogP contribution is -2.29. The molecule has 17 heavy (non-hydrogen) atoms. The van der Waals surface area contributed by atoms with Gasteiger partial charge in [0, 0.05) is 11.0 Å². The number of rotatable bonds is 5. The van der Waals surface area contributed by atoms with Gasteiger partial charge in [0.15, 0.2) is 0 Å². The molecule has 0 radical (unpaired) electrons. The molecule has 1 atom stereocenters. The van der Waals surface area contributed by atoms with Crippen LogP contribution in [0.5, 0.6) is 0 Å². The van der Waals surface area contributed by atoms with Gasteiger partial charge in [0.05, 0.1) is 4.90 Å². The molecular weight excluding hydrogens is 302 g/mol. The third kappa shape index (κ3) is 3.53. The Labute approximate surface area is 111 Å². The Morgan fingerprint density at radius 3 is 2.76 bits per heavy atom. The molecule has 0 bridgehead atoms. The molecule has 0 heterocycles. The van der Waals surface area contributed by atoms with Crippen LogP contribution in [0, 0.1) is 11.8 Å². The predicted octanol–water partition coefficient (Wildman–Crippen LogP) is 2.77. The molecule has 1 N–H and O–H groups in total. The molecule has 1 fully saturated rings. The zero-order valence-corrected chi connectivity index (χ0v) is 12.1. The van der Waals surface area contributed by atoms with Crippen molar-refractivity contribution in [2.75, 3.05) is 6.54 Å². The van der Waals surface area contributed by atoms with Gasteiger partial charge in [-0.1, -0.05) is 28.9 Å². The maximum atomic E-state index is 12.0. The molecule has 0 aromatic heterocycles. The molecular formula is C12H16BrNO2S. The van der Waals surface area contributed by atoms with Gasteiger partial charge in [-0.2, -0.15) is 0 Å². The SMILES string of the molecule is CC(CNS(=O)(=O)c1cccc(Br)c1)C1CC1. The van der Waals surface area contributed by atoms with Gasteiger partial charge in [-0.05, 0) is 42.9 Å². The Morgan fingerprint density at radius 2 is 2.18 bits per heavy atom. The number of sulfonamides is 1. The lowest BCUT2D eigenvalue weighted by molar-refractivity contribution is 0.492. The first-order chi connectivity index (χ1) is 7.99. The number of halogens is 1. The van der Waals surface area contributed by atoms with E-state index < -0.39 is 10.0 Å². The van der Waals surface area contributed by atoms with Crippen LogP contribution in [0.15, 0.2) is 33.6 Å². The maximum Gasteiger partial charge on any atom is 0.240 e. The number of benzene rings is 1. The molecule has 1 aliphatic carbocycles. The van der Waals surface area contributed by atoms with E-state index in [-0.39, 0.29) is 0 Å². The number of hydrogen-bond donors (Lipinski definition) is 1. The molecule has 0 spiro atoms. The zero-order chi connectivity index (χ0) is 12.5. The van der Waals surface area contributed by atoms with E-state index in [0.29, 0.717) is 23.3 Å². The summed E-state index contributed by atoms with van der Waals surface area (Å²) in [4.78, 5) is 0.315. The van der Waals surface area contributed by atoms with Crippen molar-refractivity contribution in [1.29, 1.82) is 0 Å². The summed E-state index contributed by atoms with van der Waals surface area (Å²) in [7, 11) is -3.36. The number of nitrogens with one attached hydrogen (secondary N) is 1. The normalized spacial score (nSPS) is 18.0. The van der Waals surface area contributed by atoms with Gasteiger partial charge in [-0.15, -0.1) is 0 Å². The van der Waals surface area contributed by atoms with Crippen LogP contribution >= 0.6 is 15.9 Å². The fourth-order valence-electron chi connectivity index (χ4n) is 1.79. The summed E-state index contributed by atoms with van der Waals surface area (Å²) in [6.07, 6.45) is 2.47. The van der Waals surface area contributed by atoms with E-state index in [1.54, 1.807) is 18.2 Å². The van der Waals surface area contributed by atoms with E-state index in [1.165, 1.54) is 12.8 Å². The van der Waals surface area contributed by atoms with Crippen LogP contribution in [0.25, 0.3) is 0 Å². The molecule has 0 amide bonds. The molecule has 1 unspecified atom stereocenters. The second kappa shape index (κ2) is 5.08. The minimum absolute atomic E-state index is 0.315. The van der Waals surface area contributed by atoms with Gasteiger partial charge in [0.25, 0.3) is 0 Å². The molecule has 1 aromatic carbocycles. The first-order valence-corrected chi connectivity index (χ1v) is 8.02. The molecule has 0 aliphatic heterocycles. The standard InChI is InChI=1S/C12H16BrNO2S/c1-9(10-5-6-10)8-14-17(15,16)12-4-2-3-11(13)7-12/h2-4,7,9-10,14H,5-6,8H2,1H3. The van der Waals surface area contributed by atoms with Crippen molar-refractivity contribution in [3.63, 3.8) is 0 Å². The summed E-state index contributed by atoms with van der Waals surface area (Å²) in [5.74, 6) is 1.14. The molecule has 1 aromatic rings. The van der Waals surface area contributed by atoms with Crippen molar-refractivity contribution in [2.45, 2.75) is 24.7 Å². The third-order valence-corrected chi connectivity index (χ3v) is 5.04.